The van der Waals surface area contributed by atoms with Gasteiger partial charge >= 0.3 is 0 Å². The van der Waals surface area contributed by atoms with Gasteiger partial charge in [-0.3, -0.25) is 14.6 Å². The number of rotatable bonds is 2. The minimum absolute atomic E-state index is 0.152. The first kappa shape index (κ1) is 15.2. The van der Waals surface area contributed by atoms with E-state index in [1.165, 1.54) is 0 Å². The average molecular weight is 309 g/mol. The van der Waals surface area contributed by atoms with E-state index in [0.29, 0.717) is 11.3 Å². The minimum Gasteiger partial charge on any atom is -0.342 e. The summed E-state index contributed by atoms with van der Waals surface area (Å²) in [6.45, 7) is 5.48. The number of hydrogen-bond acceptors (Lipinski definition) is 3. The van der Waals surface area contributed by atoms with E-state index in [4.69, 9.17) is 0 Å². The zero-order chi connectivity index (χ0) is 16.8. The van der Waals surface area contributed by atoms with Crippen molar-refractivity contribution in [2.24, 2.45) is 12.5 Å². The van der Waals surface area contributed by atoms with Gasteiger partial charge in [0.05, 0.1) is 34.0 Å². The van der Waals surface area contributed by atoms with Gasteiger partial charge in [-0.05, 0) is 6.07 Å². The lowest BCUT2D eigenvalue weighted by Gasteiger charge is -2.18. The van der Waals surface area contributed by atoms with Gasteiger partial charge in [-0.2, -0.15) is 0 Å². The number of benzene rings is 1. The third-order valence-electron chi connectivity index (χ3n) is 4.00. The summed E-state index contributed by atoms with van der Waals surface area (Å²) >= 11 is 0. The van der Waals surface area contributed by atoms with Crippen LogP contribution in [-0.2, 0) is 11.8 Å². The quantitative estimate of drug-likeness (QED) is 0.737. The summed E-state index contributed by atoms with van der Waals surface area (Å²) in [5, 5.41) is 3.81. The molecule has 0 unspecified atom stereocenters. The number of carbonyl (C=O) groups excluding carboxylic acids is 2. The van der Waals surface area contributed by atoms with Crippen LogP contribution < -0.4 is 5.32 Å². The van der Waals surface area contributed by atoms with Crippen molar-refractivity contribution < 1.29 is 9.59 Å². The first-order valence-corrected chi connectivity index (χ1v) is 7.47. The minimum atomic E-state index is -0.548. The third-order valence-corrected chi connectivity index (χ3v) is 4.00. The molecule has 1 aromatic carbocycles. The van der Waals surface area contributed by atoms with Crippen LogP contribution in [0.15, 0.2) is 30.5 Å². The maximum absolute atomic E-state index is 12.2. The lowest BCUT2D eigenvalue weighted by Crippen LogP contribution is -2.28. The zero-order valence-electron chi connectivity index (χ0n) is 13.7. The predicted molar refractivity (Wildman–Crippen MR) is 91.7 cm³/mol. The molecule has 3 rings (SSSR count). The molecule has 0 aliphatic heterocycles. The van der Waals surface area contributed by atoms with Crippen molar-refractivity contribution in [1.82, 2.24) is 9.55 Å². The Morgan fingerprint density at radius 1 is 1.26 bits per heavy atom. The highest BCUT2D eigenvalue weighted by atomic mass is 16.2. The van der Waals surface area contributed by atoms with Crippen molar-refractivity contribution in [3.8, 4) is 0 Å². The molecule has 0 saturated carbocycles. The number of fused-ring (bicyclic) bond motifs is 3. The largest absolute Gasteiger partial charge is 0.342 e. The Hall–Kier alpha value is -2.69. The molecule has 3 aromatic rings. The standard InChI is InChI=1S/C18H19N3O2/c1-18(2,3)17(23)20-13-9-19-15-11-7-5-6-8-14(11)21(4)16(15)12(13)10-22/h5-10H,1-4H3,(H,20,23). The number of carbonyl (C=O) groups is 2. The second kappa shape index (κ2) is 5.19. The van der Waals surface area contributed by atoms with Gasteiger partial charge in [0.2, 0.25) is 5.91 Å². The average Bonchev–Trinajstić information content (AvgIpc) is 2.80. The van der Waals surface area contributed by atoms with E-state index in [1.54, 1.807) is 6.20 Å². The SMILES string of the molecule is Cn1c2ccccc2c2ncc(NC(=O)C(C)(C)C)c(C=O)c21. The van der Waals surface area contributed by atoms with Crippen molar-refractivity contribution >= 4 is 39.8 Å². The van der Waals surface area contributed by atoms with Gasteiger partial charge in [0.15, 0.2) is 6.29 Å². The molecule has 0 fully saturated rings. The monoisotopic (exact) mass is 309 g/mol. The van der Waals surface area contributed by atoms with Crippen molar-refractivity contribution in [3.63, 3.8) is 0 Å². The number of pyridine rings is 1. The van der Waals surface area contributed by atoms with Crippen LogP contribution in [0.25, 0.3) is 21.9 Å². The molecule has 118 valence electrons. The molecule has 0 aliphatic carbocycles. The van der Waals surface area contributed by atoms with Crippen LogP contribution in [0.5, 0.6) is 0 Å². The van der Waals surface area contributed by atoms with E-state index in [1.807, 2.05) is 56.7 Å². The fourth-order valence-corrected chi connectivity index (χ4v) is 2.67. The first-order valence-electron chi connectivity index (χ1n) is 7.47. The second-order valence-corrected chi connectivity index (χ2v) is 6.68. The Bertz CT molecular complexity index is 933. The molecule has 0 atom stereocenters. The second-order valence-electron chi connectivity index (χ2n) is 6.68. The number of nitrogens with one attached hydrogen (secondary N) is 1. The third kappa shape index (κ3) is 2.38. The molecule has 0 saturated heterocycles. The summed E-state index contributed by atoms with van der Waals surface area (Å²) in [4.78, 5) is 28.4. The van der Waals surface area contributed by atoms with Crippen molar-refractivity contribution in [2.45, 2.75) is 20.8 Å². The van der Waals surface area contributed by atoms with Crippen LogP contribution in [0.2, 0.25) is 0 Å². The summed E-state index contributed by atoms with van der Waals surface area (Å²) in [6, 6.07) is 7.86. The molecular formula is C18H19N3O2. The molecular weight excluding hydrogens is 290 g/mol. The lowest BCUT2D eigenvalue weighted by molar-refractivity contribution is -0.123. The number of para-hydroxylation sites is 1. The van der Waals surface area contributed by atoms with E-state index in [2.05, 4.69) is 10.3 Å². The molecule has 1 amide bonds. The van der Waals surface area contributed by atoms with Crippen LogP contribution in [0, 0.1) is 5.41 Å². The van der Waals surface area contributed by atoms with Gasteiger partial charge in [-0.15, -0.1) is 0 Å². The molecule has 1 N–H and O–H groups in total. The number of amides is 1. The first-order chi connectivity index (χ1) is 10.8. The lowest BCUT2D eigenvalue weighted by atomic mass is 9.95. The van der Waals surface area contributed by atoms with Crippen LogP contribution in [0.3, 0.4) is 0 Å². The maximum Gasteiger partial charge on any atom is 0.229 e. The fraction of sp³-hybridized carbons (Fsp3) is 0.278. The van der Waals surface area contributed by atoms with Gasteiger partial charge in [0, 0.05) is 17.8 Å². The molecule has 0 spiro atoms. The highest BCUT2D eigenvalue weighted by molar-refractivity contribution is 6.13. The number of anilines is 1. The van der Waals surface area contributed by atoms with E-state index in [0.717, 1.165) is 28.2 Å². The fourth-order valence-electron chi connectivity index (χ4n) is 2.67. The number of aldehydes is 1. The molecule has 5 nitrogen and oxygen atoms in total. The zero-order valence-corrected chi connectivity index (χ0v) is 13.7. The Morgan fingerprint density at radius 2 is 1.96 bits per heavy atom. The summed E-state index contributed by atoms with van der Waals surface area (Å²) < 4.78 is 1.94. The maximum atomic E-state index is 12.2. The molecule has 5 heteroatoms. The summed E-state index contributed by atoms with van der Waals surface area (Å²) in [7, 11) is 1.90. The molecule has 0 radical (unpaired) electrons. The summed E-state index contributed by atoms with van der Waals surface area (Å²) in [5.74, 6) is -0.152. The van der Waals surface area contributed by atoms with Crippen molar-refractivity contribution in [2.75, 3.05) is 5.32 Å². The van der Waals surface area contributed by atoms with E-state index >= 15 is 0 Å². The number of nitrogens with zero attached hydrogens (tertiary/aromatic N) is 2. The molecule has 2 aromatic heterocycles. The molecule has 23 heavy (non-hydrogen) atoms. The summed E-state index contributed by atoms with van der Waals surface area (Å²) in [5.41, 5.74) is 2.84. The Balaban J connectivity index is 2.26. The van der Waals surface area contributed by atoms with E-state index in [-0.39, 0.29) is 5.91 Å². The van der Waals surface area contributed by atoms with Gasteiger partial charge in [-0.1, -0.05) is 39.0 Å². The predicted octanol–water partition coefficient (Wildman–Crippen LogP) is 3.52. The van der Waals surface area contributed by atoms with Crippen LogP contribution in [-0.4, -0.2) is 21.7 Å². The van der Waals surface area contributed by atoms with Gasteiger partial charge < -0.3 is 9.88 Å². The van der Waals surface area contributed by atoms with E-state index in [9.17, 15) is 9.59 Å². The molecule has 0 aliphatic rings. The summed E-state index contributed by atoms with van der Waals surface area (Å²) in [6.07, 6.45) is 2.34. The normalized spacial score (nSPS) is 11.8. The van der Waals surface area contributed by atoms with Crippen LogP contribution in [0.4, 0.5) is 5.69 Å². The molecule has 2 heterocycles. The van der Waals surface area contributed by atoms with Gasteiger partial charge in [0.25, 0.3) is 0 Å². The van der Waals surface area contributed by atoms with Crippen LogP contribution >= 0.6 is 0 Å². The highest BCUT2D eigenvalue weighted by Crippen LogP contribution is 2.31. The number of hydrogen-bond donors (Lipinski definition) is 1. The van der Waals surface area contributed by atoms with E-state index < -0.39 is 5.41 Å². The number of aromatic nitrogens is 2. The smallest absolute Gasteiger partial charge is 0.229 e. The topological polar surface area (TPSA) is 64.0 Å². The number of aryl methyl sites for hydroxylation is 1. The Labute approximate surface area is 134 Å². The van der Waals surface area contributed by atoms with Crippen LogP contribution in [0.1, 0.15) is 31.1 Å². The Morgan fingerprint density at radius 3 is 2.61 bits per heavy atom. The van der Waals surface area contributed by atoms with Crippen molar-refractivity contribution in [1.29, 1.82) is 0 Å². The Kier molecular flexibility index (Phi) is 3.43. The van der Waals surface area contributed by atoms with Crippen molar-refractivity contribution in [3.05, 3.63) is 36.0 Å². The van der Waals surface area contributed by atoms with Gasteiger partial charge in [-0.25, -0.2) is 0 Å². The highest BCUT2D eigenvalue weighted by Gasteiger charge is 2.23. The molecule has 0 bridgehead atoms. The van der Waals surface area contributed by atoms with Gasteiger partial charge in [0.1, 0.15) is 0 Å².